The van der Waals surface area contributed by atoms with Crippen LogP contribution in [0.4, 0.5) is 0 Å². The van der Waals surface area contributed by atoms with Crippen LogP contribution < -0.4 is 10.0 Å². The second-order valence-corrected chi connectivity index (χ2v) is 9.00. The first-order valence-corrected chi connectivity index (χ1v) is 11.0. The first kappa shape index (κ1) is 18.4. The molecule has 2 N–H and O–H groups in total. The molecule has 0 saturated heterocycles. The number of carbonyl (C=O) groups excluding carboxylic acids is 1. The Kier molecular flexibility index (Phi) is 6.12. The number of rotatable bonds is 5. The molecule has 0 aliphatic heterocycles. The number of nitrogens with one attached hydrogen (secondary N) is 2. The molecule has 0 aromatic heterocycles. The highest BCUT2D eigenvalue weighted by Gasteiger charge is 2.22. The van der Waals surface area contributed by atoms with Crippen LogP contribution >= 0.6 is 0 Å². The minimum atomic E-state index is -3.51. The molecule has 5 nitrogen and oxygen atoms in total. The summed E-state index contributed by atoms with van der Waals surface area (Å²) < 4.78 is 27.8. The predicted molar refractivity (Wildman–Crippen MR) is 98.0 cm³/mol. The molecular weight excluding hydrogens is 336 g/mol. The number of carbonyl (C=O) groups is 1. The van der Waals surface area contributed by atoms with Crippen LogP contribution in [0, 0.1) is 0 Å². The highest BCUT2D eigenvalue weighted by atomic mass is 32.2. The first-order chi connectivity index (χ1) is 12.0. The minimum absolute atomic E-state index is 0.0352. The molecule has 0 unspecified atom stereocenters. The summed E-state index contributed by atoms with van der Waals surface area (Å²) in [5.74, 6) is -0.115. The molecule has 0 spiro atoms. The number of hydrogen-bond donors (Lipinski definition) is 2. The van der Waals surface area contributed by atoms with E-state index in [0.717, 1.165) is 51.4 Å². The van der Waals surface area contributed by atoms with Crippen LogP contribution in [0.1, 0.15) is 74.6 Å². The maximum absolute atomic E-state index is 12.5. The standard InChI is InChI=1S/C19H28N2O3S/c22-19(20-16-7-3-1-4-8-16)15-11-13-18(14-12-15)25(23,24)21-17-9-5-2-6-10-17/h11-14,16-17,21H,1-10H2,(H,20,22). The van der Waals surface area contributed by atoms with Crippen molar-refractivity contribution in [3.63, 3.8) is 0 Å². The average molecular weight is 365 g/mol. The fourth-order valence-corrected chi connectivity index (χ4v) is 5.11. The molecular formula is C19H28N2O3S. The molecule has 6 heteroatoms. The number of amides is 1. The molecule has 2 fully saturated rings. The number of benzene rings is 1. The highest BCUT2D eigenvalue weighted by Crippen LogP contribution is 2.21. The summed E-state index contributed by atoms with van der Waals surface area (Å²) in [4.78, 5) is 12.5. The molecule has 0 heterocycles. The molecule has 0 radical (unpaired) electrons. The lowest BCUT2D eigenvalue weighted by Crippen LogP contribution is -2.36. The third-order valence-electron chi connectivity index (χ3n) is 5.29. The van der Waals surface area contributed by atoms with Crippen molar-refractivity contribution >= 4 is 15.9 Å². The minimum Gasteiger partial charge on any atom is -0.349 e. The molecule has 1 aromatic carbocycles. The van der Waals surface area contributed by atoms with Crippen molar-refractivity contribution in [2.24, 2.45) is 0 Å². The quantitative estimate of drug-likeness (QED) is 0.841. The Balaban J connectivity index is 1.61. The molecule has 0 atom stereocenters. The topological polar surface area (TPSA) is 75.3 Å². The molecule has 1 aromatic rings. The summed E-state index contributed by atoms with van der Waals surface area (Å²) in [6, 6.07) is 6.55. The van der Waals surface area contributed by atoms with E-state index in [1.54, 1.807) is 12.1 Å². The van der Waals surface area contributed by atoms with Crippen molar-refractivity contribution < 1.29 is 13.2 Å². The summed E-state index contributed by atoms with van der Waals surface area (Å²) in [7, 11) is -3.51. The van der Waals surface area contributed by atoms with E-state index in [1.165, 1.54) is 25.0 Å². The first-order valence-electron chi connectivity index (χ1n) is 9.48. The van der Waals surface area contributed by atoms with Gasteiger partial charge in [-0.15, -0.1) is 0 Å². The van der Waals surface area contributed by atoms with Gasteiger partial charge >= 0.3 is 0 Å². The van der Waals surface area contributed by atoms with Crippen LogP contribution in [0.3, 0.4) is 0 Å². The van der Waals surface area contributed by atoms with Crippen LogP contribution in [-0.2, 0) is 10.0 Å². The summed E-state index contributed by atoms with van der Waals surface area (Å²) >= 11 is 0. The summed E-state index contributed by atoms with van der Waals surface area (Å²) in [5.41, 5.74) is 0.516. The van der Waals surface area contributed by atoms with Crippen LogP contribution in [0.5, 0.6) is 0 Å². The smallest absolute Gasteiger partial charge is 0.251 e. The van der Waals surface area contributed by atoms with E-state index in [9.17, 15) is 13.2 Å². The lowest BCUT2D eigenvalue weighted by atomic mass is 9.95. The normalized spacial score (nSPS) is 20.3. The molecule has 3 rings (SSSR count). The molecule has 25 heavy (non-hydrogen) atoms. The average Bonchev–Trinajstić information content (AvgIpc) is 2.63. The van der Waals surface area contributed by atoms with Gasteiger partial charge < -0.3 is 5.32 Å². The Labute approximate surface area is 150 Å². The van der Waals surface area contributed by atoms with Crippen molar-refractivity contribution in [2.75, 3.05) is 0 Å². The van der Waals surface area contributed by atoms with Crippen molar-refractivity contribution in [1.29, 1.82) is 0 Å². The van der Waals surface area contributed by atoms with Gasteiger partial charge in [0.2, 0.25) is 10.0 Å². The zero-order valence-electron chi connectivity index (χ0n) is 14.7. The van der Waals surface area contributed by atoms with Gasteiger partial charge in [-0.1, -0.05) is 38.5 Å². The molecule has 2 aliphatic rings. The summed E-state index contributed by atoms with van der Waals surface area (Å²) in [6.07, 6.45) is 10.8. The predicted octanol–water partition coefficient (Wildman–Crippen LogP) is 3.36. The van der Waals surface area contributed by atoms with Gasteiger partial charge in [-0.25, -0.2) is 13.1 Å². The lowest BCUT2D eigenvalue weighted by Gasteiger charge is -2.23. The third kappa shape index (κ3) is 5.05. The van der Waals surface area contributed by atoms with E-state index in [2.05, 4.69) is 10.0 Å². The van der Waals surface area contributed by atoms with Crippen molar-refractivity contribution in [2.45, 2.75) is 81.2 Å². The van der Waals surface area contributed by atoms with E-state index < -0.39 is 10.0 Å². The molecule has 138 valence electrons. The Morgan fingerprint density at radius 2 is 1.32 bits per heavy atom. The number of sulfonamides is 1. The van der Waals surface area contributed by atoms with Gasteiger partial charge in [0.05, 0.1) is 4.90 Å². The largest absolute Gasteiger partial charge is 0.349 e. The third-order valence-corrected chi connectivity index (χ3v) is 6.83. The second kappa shape index (κ2) is 8.32. The fraction of sp³-hybridized carbons (Fsp3) is 0.632. The summed E-state index contributed by atoms with van der Waals surface area (Å²) in [5, 5.41) is 3.06. The second-order valence-electron chi connectivity index (χ2n) is 7.29. The highest BCUT2D eigenvalue weighted by molar-refractivity contribution is 7.89. The van der Waals surface area contributed by atoms with Gasteiger partial charge in [0.15, 0.2) is 0 Å². The van der Waals surface area contributed by atoms with Crippen molar-refractivity contribution in [3.8, 4) is 0 Å². The van der Waals surface area contributed by atoms with Crippen LogP contribution in [-0.4, -0.2) is 26.4 Å². The maximum atomic E-state index is 12.5. The van der Waals surface area contributed by atoms with Gasteiger partial charge in [-0.05, 0) is 49.9 Å². The van der Waals surface area contributed by atoms with E-state index in [0.29, 0.717) is 5.56 Å². The Morgan fingerprint density at radius 3 is 1.88 bits per heavy atom. The fourth-order valence-electron chi connectivity index (χ4n) is 3.81. The van der Waals surface area contributed by atoms with Crippen molar-refractivity contribution in [3.05, 3.63) is 29.8 Å². The lowest BCUT2D eigenvalue weighted by molar-refractivity contribution is 0.0927. The molecule has 2 saturated carbocycles. The zero-order valence-corrected chi connectivity index (χ0v) is 15.5. The monoisotopic (exact) mass is 364 g/mol. The molecule has 2 aliphatic carbocycles. The van der Waals surface area contributed by atoms with Gasteiger partial charge in [-0.2, -0.15) is 0 Å². The number of hydrogen-bond acceptors (Lipinski definition) is 3. The summed E-state index contributed by atoms with van der Waals surface area (Å²) in [6.45, 7) is 0. The van der Waals surface area contributed by atoms with Crippen LogP contribution in [0.25, 0.3) is 0 Å². The van der Waals surface area contributed by atoms with Crippen LogP contribution in [0.15, 0.2) is 29.2 Å². The van der Waals surface area contributed by atoms with Gasteiger partial charge in [-0.3, -0.25) is 4.79 Å². The molecule has 0 bridgehead atoms. The van der Waals surface area contributed by atoms with E-state index in [-0.39, 0.29) is 22.9 Å². The van der Waals surface area contributed by atoms with Crippen LogP contribution in [0.2, 0.25) is 0 Å². The van der Waals surface area contributed by atoms with Gasteiger partial charge in [0.25, 0.3) is 5.91 Å². The van der Waals surface area contributed by atoms with Gasteiger partial charge in [0, 0.05) is 17.6 Å². The Hall–Kier alpha value is -1.40. The van der Waals surface area contributed by atoms with E-state index in [1.807, 2.05) is 0 Å². The Morgan fingerprint density at radius 1 is 0.800 bits per heavy atom. The van der Waals surface area contributed by atoms with E-state index >= 15 is 0 Å². The maximum Gasteiger partial charge on any atom is 0.251 e. The SMILES string of the molecule is O=C(NC1CCCCC1)c1ccc(S(=O)(=O)NC2CCCCC2)cc1. The Bertz CT molecular complexity index is 673. The van der Waals surface area contributed by atoms with Crippen molar-refractivity contribution in [1.82, 2.24) is 10.0 Å². The van der Waals surface area contributed by atoms with E-state index in [4.69, 9.17) is 0 Å². The van der Waals surface area contributed by atoms with Gasteiger partial charge in [0.1, 0.15) is 0 Å². The molecule has 1 amide bonds. The zero-order chi connectivity index (χ0) is 17.7.